The summed E-state index contributed by atoms with van der Waals surface area (Å²) in [6.45, 7) is 2.02. The van der Waals surface area contributed by atoms with Crippen molar-refractivity contribution in [1.82, 2.24) is 4.98 Å². The van der Waals surface area contributed by atoms with Crippen molar-refractivity contribution in [3.05, 3.63) is 54.2 Å². The summed E-state index contributed by atoms with van der Waals surface area (Å²) >= 11 is 0. The van der Waals surface area contributed by atoms with Crippen LogP contribution in [0.4, 0.5) is 0 Å². The van der Waals surface area contributed by atoms with E-state index in [1.165, 1.54) is 0 Å². The Morgan fingerprint density at radius 1 is 1.24 bits per heavy atom. The summed E-state index contributed by atoms with van der Waals surface area (Å²) in [6, 6.07) is 14.0. The molecule has 0 fully saturated rings. The minimum atomic E-state index is 0.193. The number of rotatable bonds is 4. The van der Waals surface area contributed by atoms with Gasteiger partial charge >= 0.3 is 0 Å². The third-order valence-corrected chi connectivity index (χ3v) is 2.81. The van der Waals surface area contributed by atoms with Crippen molar-refractivity contribution in [3.63, 3.8) is 0 Å². The van der Waals surface area contributed by atoms with E-state index in [0.29, 0.717) is 6.42 Å². The normalized spacial score (nSPS) is 12.1. The summed E-state index contributed by atoms with van der Waals surface area (Å²) in [7, 11) is 0. The van der Waals surface area contributed by atoms with Crippen LogP contribution in [0.3, 0.4) is 0 Å². The van der Waals surface area contributed by atoms with Crippen molar-refractivity contribution >= 4 is 6.29 Å². The van der Waals surface area contributed by atoms with Gasteiger partial charge in [0.25, 0.3) is 0 Å². The predicted octanol–water partition coefficient (Wildman–Crippen LogP) is 3.35. The Balaban J connectivity index is 2.32. The van der Waals surface area contributed by atoms with E-state index in [1.807, 2.05) is 55.7 Å². The van der Waals surface area contributed by atoms with E-state index in [1.54, 1.807) is 6.20 Å². The van der Waals surface area contributed by atoms with Crippen LogP contribution in [-0.4, -0.2) is 11.3 Å². The van der Waals surface area contributed by atoms with Gasteiger partial charge in [-0.1, -0.05) is 37.3 Å². The highest BCUT2D eigenvalue weighted by molar-refractivity contribution is 5.60. The summed E-state index contributed by atoms with van der Waals surface area (Å²) in [4.78, 5) is 14.8. The molecule has 0 aliphatic rings. The fourth-order valence-corrected chi connectivity index (χ4v) is 1.76. The van der Waals surface area contributed by atoms with E-state index in [9.17, 15) is 4.79 Å². The molecule has 2 nitrogen and oxygen atoms in total. The SMILES string of the molecule is CC(C[C]=O)c1ccnc(-c2ccccc2)c1. The van der Waals surface area contributed by atoms with Crippen molar-refractivity contribution in [3.8, 4) is 11.3 Å². The van der Waals surface area contributed by atoms with Crippen LogP contribution < -0.4 is 0 Å². The number of hydrogen-bond donors (Lipinski definition) is 0. The molecule has 0 N–H and O–H groups in total. The van der Waals surface area contributed by atoms with Crippen LogP contribution in [0.2, 0.25) is 0 Å². The van der Waals surface area contributed by atoms with Crippen LogP contribution in [0.25, 0.3) is 11.3 Å². The van der Waals surface area contributed by atoms with Gasteiger partial charge in [0.05, 0.1) is 5.69 Å². The van der Waals surface area contributed by atoms with Crippen molar-refractivity contribution in [2.45, 2.75) is 19.3 Å². The maximum atomic E-state index is 10.4. The predicted molar refractivity (Wildman–Crippen MR) is 68.4 cm³/mol. The second kappa shape index (κ2) is 5.39. The third kappa shape index (κ3) is 2.78. The van der Waals surface area contributed by atoms with Gasteiger partial charge in [0, 0.05) is 18.2 Å². The van der Waals surface area contributed by atoms with E-state index in [-0.39, 0.29) is 5.92 Å². The van der Waals surface area contributed by atoms with Gasteiger partial charge < -0.3 is 0 Å². The molecule has 2 heteroatoms. The first-order valence-corrected chi connectivity index (χ1v) is 5.67. The first kappa shape index (κ1) is 11.5. The molecule has 17 heavy (non-hydrogen) atoms. The fourth-order valence-electron chi connectivity index (χ4n) is 1.76. The summed E-state index contributed by atoms with van der Waals surface area (Å²) < 4.78 is 0. The van der Waals surface area contributed by atoms with Gasteiger partial charge in [-0.25, -0.2) is 0 Å². The number of hydrogen-bond acceptors (Lipinski definition) is 2. The number of aromatic nitrogens is 1. The van der Waals surface area contributed by atoms with Gasteiger partial charge in [0.15, 0.2) is 6.29 Å². The van der Waals surface area contributed by atoms with Crippen LogP contribution in [0.1, 0.15) is 24.8 Å². The maximum absolute atomic E-state index is 10.4. The average Bonchev–Trinajstić information content (AvgIpc) is 2.40. The van der Waals surface area contributed by atoms with E-state index >= 15 is 0 Å². The molecule has 85 valence electrons. The second-order valence-corrected chi connectivity index (χ2v) is 4.09. The van der Waals surface area contributed by atoms with Crippen LogP contribution in [0.5, 0.6) is 0 Å². The lowest BCUT2D eigenvalue weighted by molar-refractivity contribution is 0.545. The quantitative estimate of drug-likeness (QED) is 0.797. The molecule has 2 rings (SSSR count). The highest BCUT2D eigenvalue weighted by Crippen LogP contribution is 2.23. The molecular weight excluding hydrogens is 210 g/mol. The Morgan fingerprint density at radius 2 is 2.00 bits per heavy atom. The van der Waals surface area contributed by atoms with Crippen molar-refractivity contribution in [1.29, 1.82) is 0 Å². The molecule has 1 atom stereocenters. The van der Waals surface area contributed by atoms with Gasteiger partial charge in [-0.15, -0.1) is 0 Å². The number of carbonyl (C=O) groups excluding carboxylic acids is 1. The summed E-state index contributed by atoms with van der Waals surface area (Å²) in [5.41, 5.74) is 3.17. The lowest BCUT2D eigenvalue weighted by Gasteiger charge is -2.09. The zero-order valence-corrected chi connectivity index (χ0v) is 9.76. The van der Waals surface area contributed by atoms with Gasteiger partial charge in [-0.3, -0.25) is 9.78 Å². The molecule has 2 aromatic rings. The van der Waals surface area contributed by atoms with Gasteiger partial charge in [0.1, 0.15) is 0 Å². The Labute approximate surface area is 101 Å². The van der Waals surface area contributed by atoms with Crippen molar-refractivity contribution in [2.24, 2.45) is 0 Å². The number of benzene rings is 1. The Morgan fingerprint density at radius 3 is 2.71 bits per heavy atom. The minimum absolute atomic E-state index is 0.193. The lowest BCUT2D eigenvalue weighted by Crippen LogP contribution is -1.95. The highest BCUT2D eigenvalue weighted by atomic mass is 16.1. The first-order valence-electron chi connectivity index (χ1n) is 5.67. The molecule has 1 radical (unpaired) electrons. The monoisotopic (exact) mass is 224 g/mol. The van der Waals surface area contributed by atoms with E-state index in [4.69, 9.17) is 0 Å². The van der Waals surface area contributed by atoms with Crippen LogP contribution >= 0.6 is 0 Å². The highest BCUT2D eigenvalue weighted by Gasteiger charge is 2.07. The first-order chi connectivity index (χ1) is 8.31. The zero-order valence-electron chi connectivity index (χ0n) is 9.76. The Hall–Kier alpha value is -1.96. The standard InChI is InChI=1S/C15H14NO/c1-12(8-10-17)14-7-9-16-15(11-14)13-5-3-2-4-6-13/h2-7,9,11-12H,8H2,1H3. The molecular formula is C15H14NO. The van der Waals surface area contributed by atoms with E-state index in [2.05, 4.69) is 4.98 Å². The molecule has 0 spiro atoms. The molecule has 1 heterocycles. The molecule has 0 saturated heterocycles. The van der Waals surface area contributed by atoms with Gasteiger partial charge in [0.2, 0.25) is 0 Å². The van der Waals surface area contributed by atoms with E-state index < -0.39 is 0 Å². The summed E-state index contributed by atoms with van der Waals surface area (Å²) in [5, 5.41) is 0. The molecule has 0 aliphatic heterocycles. The van der Waals surface area contributed by atoms with Crippen LogP contribution in [0, 0.1) is 0 Å². The van der Waals surface area contributed by atoms with Gasteiger partial charge in [-0.2, -0.15) is 0 Å². The Kier molecular flexibility index (Phi) is 3.66. The zero-order chi connectivity index (χ0) is 12.1. The molecule has 1 aromatic carbocycles. The molecule has 0 aliphatic carbocycles. The molecule has 1 aromatic heterocycles. The average molecular weight is 224 g/mol. The number of pyridine rings is 1. The summed E-state index contributed by atoms with van der Waals surface area (Å²) in [5.74, 6) is 0.193. The minimum Gasteiger partial charge on any atom is -0.291 e. The van der Waals surface area contributed by atoms with Crippen LogP contribution in [-0.2, 0) is 4.79 Å². The largest absolute Gasteiger partial charge is 0.291 e. The fraction of sp³-hybridized carbons (Fsp3) is 0.200. The van der Waals surface area contributed by atoms with Crippen molar-refractivity contribution < 1.29 is 4.79 Å². The molecule has 0 bridgehead atoms. The third-order valence-electron chi connectivity index (χ3n) is 2.81. The Bertz CT molecular complexity index is 493. The smallest absolute Gasteiger partial charge is 0.199 e. The van der Waals surface area contributed by atoms with Crippen LogP contribution in [0.15, 0.2) is 48.7 Å². The van der Waals surface area contributed by atoms with Crippen molar-refractivity contribution in [2.75, 3.05) is 0 Å². The number of nitrogens with zero attached hydrogens (tertiary/aromatic N) is 1. The van der Waals surface area contributed by atoms with E-state index in [0.717, 1.165) is 16.8 Å². The molecule has 1 unspecified atom stereocenters. The molecule has 0 amide bonds. The second-order valence-electron chi connectivity index (χ2n) is 4.09. The topological polar surface area (TPSA) is 30.0 Å². The summed E-state index contributed by atoms with van der Waals surface area (Å²) in [6.07, 6.45) is 4.17. The lowest BCUT2D eigenvalue weighted by atomic mass is 9.97. The molecule has 0 saturated carbocycles. The van der Waals surface area contributed by atoms with Gasteiger partial charge in [-0.05, 0) is 23.6 Å². The maximum Gasteiger partial charge on any atom is 0.199 e.